The summed E-state index contributed by atoms with van der Waals surface area (Å²) in [4.78, 5) is 28.2. The van der Waals surface area contributed by atoms with Gasteiger partial charge in [-0.3, -0.25) is 25.3 Å². The van der Waals surface area contributed by atoms with E-state index in [1.54, 1.807) is 42.6 Å². The molecular weight excluding hydrogens is 593 g/mol. The SMILES string of the molecule is CC(C)C(=N)SC(=N)c1ccc(Oc2cc(C(=O)NC3CCN(C4CCCOC4)CC3)c(F)cc2Cn2ccccc2=O)cc1. The topological polar surface area (TPSA) is 120 Å². The minimum Gasteiger partial charge on any atom is -0.457 e. The summed E-state index contributed by atoms with van der Waals surface area (Å²) in [5.74, 6) is -0.488. The second-order valence-electron chi connectivity index (χ2n) is 11.8. The molecule has 1 amide bonds. The molecule has 2 saturated heterocycles. The predicted octanol–water partition coefficient (Wildman–Crippen LogP) is 5.89. The van der Waals surface area contributed by atoms with Gasteiger partial charge in [0, 0.05) is 61.1 Å². The van der Waals surface area contributed by atoms with Crippen molar-refractivity contribution in [3.63, 3.8) is 0 Å². The standard InChI is InChI=1S/C34H40FN5O4S/c1-22(2)32(36)45-33(37)23-8-10-27(11-9-23)44-30-19-28(29(35)18-24(30)20-40-14-4-3-7-31(40)41)34(42)38-25-12-15-39(16-13-25)26-6-5-17-43-21-26/h3-4,7-11,14,18-19,22,25-26,36-37H,5-6,12-13,15-17,20-21H2,1-2H3,(H,38,42). The minimum atomic E-state index is -0.691. The number of hydrogen-bond acceptors (Lipinski definition) is 8. The summed E-state index contributed by atoms with van der Waals surface area (Å²) in [5, 5.41) is 20.1. The molecule has 5 rings (SSSR count). The Labute approximate surface area is 267 Å². The van der Waals surface area contributed by atoms with Crippen LogP contribution in [0.2, 0.25) is 0 Å². The van der Waals surface area contributed by atoms with Crippen LogP contribution in [-0.4, -0.2) is 63.8 Å². The molecule has 3 aromatic rings. The van der Waals surface area contributed by atoms with E-state index in [1.165, 1.54) is 22.8 Å². The summed E-state index contributed by atoms with van der Waals surface area (Å²) in [6, 6.07) is 14.6. The highest BCUT2D eigenvalue weighted by molar-refractivity contribution is 8.26. The number of pyridine rings is 1. The third-order valence-corrected chi connectivity index (χ3v) is 9.36. The molecule has 2 aromatic carbocycles. The van der Waals surface area contributed by atoms with Crippen molar-refractivity contribution in [1.82, 2.24) is 14.8 Å². The van der Waals surface area contributed by atoms with E-state index in [4.69, 9.17) is 20.3 Å². The molecule has 9 nitrogen and oxygen atoms in total. The lowest BCUT2D eigenvalue weighted by Gasteiger charge is -2.39. The van der Waals surface area contributed by atoms with E-state index in [2.05, 4.69) is 10.2 Å². The van der Waals surface area contributed by atoms with E-state index in [0.717, 1.165) is 63.7 Å². The molecule has 3 heterocycles. The van der Waals surface area contributed by atoms with Crippen LogP contribution >= 0.6 is 11.8 Å². The highest BCUT2D eigenvalue weighted by Crippen LogP contribution is 2.30. The second-order valence-corrected chi connectivity index (χ2v) is 12.9. The Hall–Kier alpha value is -3.80. The third kappa shape index (κ3) is 8.47. The van der Waals surface area contributed by atoms with Gasteiger partial charge in [-0.15, -0.1) is 0 Å². The number of amides is 1. The van der Waals surface area contributed by atoms with Crippen LogP contribution < -0.4 is 15.6 Å². The maximum Gasteiger partial charge on any atom is 0.254 e. The number of thioether (sulfide) groups is 1. The molecule has 0 saturated carbocycles. The molecule has 0 radical (unpaired) electrons. The first-order valence-electron chi connectivity index (χ1n) is 15.4. The van der Waals surface area contributed by atoms with Gasteiger partial charge in [0.05, 0.1) is 23.8 Å². The van der Waals surface area contributed by atoms with E-state index >= 15 is 4.39 Å². The van der Waals surface area contributed by atoms with E-state index in [0.29, 0.717) is 28.0 Å². The molecule has 3 N–H and O–H groups in total. The largest absolute Gasteiger partial charge is 0.457 e. The van der Waals surface area contributed by atoms with Gasteiger partial charge in [0.15, 0.2) is 0 Å². The van der Waals surface area contributed by atoms with Gasteiger partial charge in [-0.05, 0) is 68.1 Å². The van der Waals surface area contributed by atoms with Gasteiger partial charge in [0.25, 0.3) is 11.5 Å². The smallest absolute Gasteiger partial charge is 0.254 e. The van der Waals surface area contributed by atoms with Crippen LogP contribution in [0.15, 0.2) is 65.6 Å². The number of carbonyl (C=O) groups is 1. The molecule has 0 aliphatic carbocycles. The Bertz CT molecular complexity index is 1580. The fourth-order valence-corrected chi connectivity index (χ4v) is 6.24. The van der Waals surface area contributed by atoms with Crippen molar-refractivity contribution in [3.05, 3.63) is 93.7 Å². The van der Waals surface area contributed by atoms with Crippen LogP contribution in [-0.2, 0) is 11.3 Å². The van der Waals surface area contributed by atoms with Crippen molar-refractivity contribution in [3.8, 4) is 11.5 Å². The summed E-state index contributed by atoms with van der Waals surface area (Å²) in [7, 11) is 0. The monoisotopic (exact) mass is 633 g/mol. The summed E-state index contributed by atoms with van der Waals surface area (Å²) in [5.41, 5.74) is 0.663. The molecule has 0 spiro atoms. The number of likely N-dealkylation sites (tertiary alicyclic amines) is 1. The van der Waals surface area contributed by atoms with Gasteiger partial charge in [0.1, 0.15) is 22.4 Å². The van der Waals surface area contributed by atoms with Crippen LogP contribution in [0, 0.1) is 22.6 Å². The van der Waals surface area contributed by atoms with Crippen LogP contribution in [0.4, 0.5) is 4.39 Å². The van der Waals surface area contributed by atoms with Crippen LogP contribution in [0.5, 0.6) is 11.5 Å². The highest BCUT2D eigenvalue weighted by atomic mass is 32.2. The summed E-state index contributed by atoms with van der Waals surface area (Å²) in [6.45, 7) is 7.15. The average Bonchev–Trinajstić information content (AvgIpc) is 3.04. The van der Waals surface area contributed by atoms with Crippen molar-refractivity contribution in [2.45, 2.75) is 58.2 Å². The molecule has 2 aliphatic rings. The zero-order valence-corrected chi connectivity index (χ0v) is 26.5. The zero-order valence-electron chi connectivity index (χ0n) is 25.7. The Balaban J connectivity index is 1.33. The van der Waals surface area contributed by atoms with Gasteiger partial charge in [-0.1, -0.05) is 31.7 Å². The maximum atomic E-state index is 15.5. The van der Waals surface area contributed by atoms with Crippen molar-refractivity contribution < 1.29 is 18.7 Å². The lowest BCUT2D eigenvalue weighted by molar-refractivity contribution is 0.00768. The average molecular weight is 634 g/mol. The number of hydrogen-bond donors (Lipinski definition) is 3. The van der Waals surface area contributed by atoms with Gasteiger partial charge in [0.2, 0.25) is 0 Å². The first kappa shape index (κ1) is 32.6. The summed E-state index contributed by atoms with van der Waals surface area (Å²) in [6.07, 6.45) is 5.36. The molecule has 1 atom stereocenters. The normalized spacial score (nSPS) is 17.6. The first-order chi connectivity index (χ1) is 21.7. The number of nitrogens with one attached hydrogen (secondary N) is 3. The van der Waals surface area contributed by atoms with Crippen LogP contribution in [0.1, 0.15) is 61.0 Å². The summed E-state index contributed by atoms with van der Waals surface area (Å²) < 4.78 is 28.8. The van der Waals surface area contributed by atoms with Crippen molar-refractivity contribution in [2.24, 2.45) is 5.92 Å². The van der Waals surface area contributed by atoms with Crippen LogP contribution in [0.3, 0.4) is 0 Å². The third-order valence-electron chi connectivity index (χ3n) is 8.23. The highest BCUT2D eigenvalue weighted by Gasteiger charge is 2.28. The number of piperidine rings is 1. The van der Waals surface area contributed by atoms with Crippen LogP contribution in [0.25, 0.3) is 0 Å². The van der Waals surface area contributed by atoms with Gasteiger partial charge in [-0.25, -0.2) is 4.39 Å². The maximum absolute atomic E-state index is 15.5. The van der Waals surface area contributed by atoms with Gasteiger partial charge >= 0.3 is 0 Å². The zero-order chi connectivity index (χ0) is 31.9. The summed E-state index contributed by atoms with van der Waals surface area (Å²) >= 11 is 1.10. The quantitative estimate of drug-likeness (QED) is 0.200. The van der Waals surface area contributed by atoms with E-state index in [1.807, 2.05) is 13.8 Å². The Morgan fingerprint density at radius 2 is 1.87 bits per heavy atom. The Morgan fingerprint density at radius 1 is 1.11 bits per heavy atom. The van der Waals surface area contributed by atoms with Crippen molar-refractivity contribution in [2.75, 3.05) is 26.3 Å². The number of carbonyl (C=O) groups excluding carboxylic acids is 1. The molecule has 238 valence electrons. The van der Waals surface area contributed by atoms with E-state index in [-0.39, 0.29) is 40.4 Å². The fraction of sp³-hybridized carbons (Fsp3) is 0.412. The first-order valence-corrected chi connectivity index (χ1v) is 16.2. The molecule has 2 aliphatic heterocycles. The molecule has 45 heavy (non-hydrogen) atoms. The number of ether oxygens (including phenoxy) is 2. The number of rotatable bonds is 9. The molecular formula is C34H40FN5O4S. The number of aromatic nitrogens is 1. The van der Waals surface area contributed by atoms with Crippen molar-refractivity contribution >= 4 is 27.8 Å². The minimum absolute atomic E-state index is 0.0304. The lowest BCUT2D eigenvalue weighted by Crippen LogP contribution is -2.50. The fourth-order valence-electron chi connectivity index (χ4n) is 5.53. The Kier molecular flexibility index (Phi) is 10.9. The molecule has 1 unspecified atom stereocenters. The lowest BCUT2D eigenvalue weighted by atomic mass is 10.00. The van der Waals surface area contributed by atoms with Gasteiger partial charge < -0.3 is 19.4 Å². The number of benzene rings is 2. The molecule has 11 heteroatoms. The second kappa shape index (κ2) is 15.0. The molecule has 1 aromatic heterocycles. The number of nitrogens with zero attached hydrogens (tertiary/aromatic N) is 2. The number of halogens is 1. The van der Waals surface area contributed by atoms with E-state index < -0.39 is 11.7 Å². The van der Waals surface area contributed by atoms with Crippen molar-refractivity contribution in [1.29, 1.82) is 10.8 Å². The molecule has 0 bridgehead atoms. The predicted molar refractivity (Wildman–Crippen MR) is 176 cm³/mol. The van der Waals surface area contributed by atoms with E-state index in [9.17, 15) is 9.59 Å². The Morgan fingerprint density at radius 3 is 2.53 bits per heavy atom. The van der Waals surface area contributed by atoms with Gasteiger partial charge in [-0.2, -0.15) is 0 Å². The molecule has 2 fully saturated rings.